The molecule has 0 heterocycles. The maximum Gasteiger partial charge on any atom is 0.123 e. The number of halogens is 1. The van der Waals surface area contributed by atoms with Crippen molar-refractivity contribution in [1.29, 1.82) is 0 Å². The lowest BCUT2D eigenvalue weighted by molar-refractivity contribution is 0.246. The fourth-order valence-electron chi connectivity index (χ4n) is 2.48. The normalized spacial score (nSPS) is 18.3. The average molecular weight is 237 g/mol. The molecule has 3 heteroatoms. The predicted octanol–water partition coefficient (Wildman–Crippen LogP) is 3.03. The van der Waals surface area contributed by atoms with E-state index in [0.29, 0.717) is 12.5 Å². The molecule has 94 valence electrons. The van der Waals surface area contributed by atoms with Gasteiger partial charge in [0, 0.05) is 6.04 Å². The molecule has 1 aromatic rings. The van der Waals surface area contributed by atoms with Gasteiger partial charge in [0.1, 0.15) is 18.2 Å². The number of hydrogen-bond donors (Lipinski definition) is 1. The Morgan fingerprint density at radius 1 is 1.41 bits per heavy atom. The second kappa shape index (κ2) is 5.50. The van der Waals surface area contributed by atoms with Crippen LogP contribution in [0, 0.1) is 18.7 Å². The zero-order valence-corrected chi connectivity index (χ0v) is 10.3. The van der Waals surface area contributed by atoms with Crippen LogP contribution in [0.15, 0.2) is 18.2 Å². The highest BCUT2D eigenvalue weighted by atomic mass is 19.1. The molecule has 1 unspecified atom stereocenters. The van der Waals surface area contributed by atoms with Crippen LogP contribution < -0.4 is 10.5 Å². The largest absolute Gasteiger partial charge is 0.492 e. The summed E-state index contributed by atoms with van der Waals surface area (Å²) in [5.74, 6) is 1.10. The zero-order valence-electron chi connectivity index (χ0n) is 10.3. The van der Waals surface area contributed by atoms with E-state index >= 15 is 0 Å². The van der Waals surface area contributed by atoms with E-state index in [4.69, 9.17) is 10.5 Å². The summed E-state index contributed by atoms with van der Waals surface area (Å²) in [5, 5.41) is 0. The van der Waals surface area contributed by atoms with Crippen LogP contribution in [0.4, 0.5) is 4.39 Å². The Balaban J connectivity index is 1.88. The van der Waals surface area contributed by atoms with Crippen LogP contribution in [-0.4, -0.2) is 12.6 Å². The minimum Gasteiger partial charge on any atom is -0.492 e. The third kappa shape index (κ3) is 3.19. The number of rotatable bonds is 4. The van der Waals surface area contributed by atoms with Crippen molar-refractivity contribution in [1.82, 2.24) is 0 Å². The molecular formula is C14H20FNO. The second-order valence-electron chi connectivity index (χ2n) is 4.93. The van der Waals surface area contributed by atoms with Crippen LogP contribution in [0.1, 0.15) is 31.2 Å². The van der Waals surface area contributed by atoms with Crippen molar-refractivity contribution in [2.75, 3.05) is 6.61 Å². The molecule has 2 nitrogen and oxygen atoms in total. The molecule has 0 amide bonds. The van der Waals surface area contributed by atoms with Gasteiger partial charge in [-0.2, -0.15) is 0 Å². The molecule has 0 saturated heterocycles. The summed E-state index contributed by atoms with van der Waals surface area (Å²) in [4.78, 5) is 0. The van der Waals surface area contributed by atoms with E-state index in [1.165, 1.54) is 37.8 Å². The smallest absolute Gasteiger partial charge is 0.123 e. The minimum atomic E-state index is -0.227. The van der Waals surface area contributed by atoms with E-state index < -0.39 is 0 Å². The molecule has 0 radical (unpaired) electrons. The molecule has 2 rings (SSSR count). The molecule has 1 atom stereocenters. The van der Waals surface area contributed by atoms with Crippen LogP contribution in [0.25, 0.3) is 0 Å². The highest BCUT2D eigenvalue weighted by Gasteiger charge is 2.22. The molecular weight excluding hydrogens is 217 g/mol. The van der Waals surface area contributed by atoms with Gasteiger partial charge in [0.15, 0.2) is 0 Å². The number of ether oxygens (including phenoxy) is 1. The van der Waals surface area contributed by atoms with E-state index in [0.717, 1.165) is 11.3 Å². The molecule has 1 aliphatic rings. The SMILES string of the molecule is Cc1cc(F)ccc1OCC(N)C1CCCC1. The Kier molecular flexibility index (Phi) is 4.00. The fourth-order valence-corrected chi connectivity index (χ4v) is 2.48. The first-order valence-electron chi connectivity index (χ1n) is 6.31. The Morgan fingerprint density at radius 2 is 2.12 bits per heavy atom. The van der Waals surface area contributed by atoms with Crippen LogP contribution in [0.5, 0.6) is 5.75 Å². The Bertz CT molecular complexity index is 374. The van der Waals surface area contributed by atoms with E-state index in [9.17, 15) is 4.39 Å². The molecule has 2 N–H and O–H groups in total. The van der Waals surface area contributed by atoms with Gasteiger partial charge < -0.3 is 10.5 Å². The molecule has 0 aromatic heterocycles. The van der Waals surface area contributed by atoms with Crippen LogP contribution >= 0.6 is 0 Å². The van der Waals surface area contributed by atoms with Crippen molar-refractivity contribution in [2.45, 2.75) is 38.6 Å². The lowest BCUT2D eigenvalue weighted by Gasteiger charge is -2.19. The summed E-state index contributed by atoms with van der Waals surface area (Å²) in [6, 6.07) is 4.67. The van der Waals surface area contributed by atoms with Crippen molar-refractivity contribution < 1.29 is 9.13 Å². The minimum absolute atomic E-state index is 0.0990. The van der Waals surface area contributed by atoms with Gasteiger partial charge in [0.25, 0.3) is 0 Å². The molecule has 1 aromatic carbocycles. The standard InChI is InChI=1S/C14H20FNO/c1-10-8-12(15)6-7-14(10)17-9-13(16)11-4-2-3-5-11/h6-8,11,13H,2-5,9,16H2,1H3. The summed E-state index contributed by atoms with van der Waals surface area (Å²) < 4.78 is 18.6. The lowest BCUT2D eigenvalue weighted by Crippen LogP contribution is -2.34. The van der Waals surface area contributed by atoms with E-state index in [2.05, 4.69) is 0 Å². The molecule has 0 spiro atoms. The predicted molar refractivity (Wildman–Crippen MR) is 66.6 cm³/mol. The highest BCUT2D eigenvalue weighted by molar-refractivity contribution is 5.32. The van der Waals surface area contributed by atoms with Crippen molar-refractivity contribution in [3.63, 3.8) is 0 Å². The quantitative estimate of drug-likeness (QED) is 0.873. The molecule has 1 saturated carbocycles. The van der Waals surface area contributed by atoms with Gasteiger partial charge in [-0.1, -0.05) is 12.8 Å². The van der Waals surface area contributed by atoms with Crippen LogP contribution in [0.3, 0.4) is 0 Å². The van der Waals surface area contributed by atoms with Crippen molar-refractivity contribution >= 4 is 0 Å². The fraction of sp³-hybridized carbons (Fsp3) is 0.571. The molecule has 0 aliphatic heterocycles. The van der Waals surface area contributed by atoms with Gasteiger partial charge in [0.05, 0.1) is 0 Å². The Hall–Kier alpha value is -1.09. The van der Waals surface area contributed by atoms with E-state index in [-0.39, 0.29) is 11.9 Å². The first kappa shape index (κ1) is 12.4. The summed E-state index contributed by atoms with van der Waals surface area (Å²) in [5.41, 5.74) is 6.93. The first-order valence-corrected chi connectivity index (χ1v) is 6.31. The Labute approximate surface area is 102 Å². The number of nitrogens with two attached hydrogens (primary N) is 1. The highest BCUT2D eigenvalue weighted by Crippen LogP contribution is 2.27. The summed E-state index contributed by atoms with van der Waals surface area (Å²) in [7, 11) is 0. The van der Waals surface area contributed by atoms with E-state index in [1.807, 2.05) is 6.92 Å². The topological polar surface area (TPSA) is 35.2 Å². The molecule has 17 heavy (non-hydrogen) atoms. The van der Waals surface area contributed by atoms with Gasteiger partial charge in [-0.15, -0.1) is 0 Å². The third-order valence-electron chi connectivity index (χ3n) is 3.57. The zero-order chi connectivity index (χ0) is 12.3. The third-order valence-corrected chi connectivity index (χ3v) is 3.57. The van der Waals surface area contributed by atoms with Crippen LogP contribution in [-0.2, 0) is 0 Å². The average Bonchev–Trinajstić information content (AvgIpc) is 2.81. The molecule has 1 aliphatic carbocycles. The van der Waals surface area contributed by atoms with Gasteiger partial charge >= 0.3 is 0 Å². The second-order valence-corrected chi connectivity index (χ2v) is 4.93. The van der Waals surface area contributed by atoms with Crippen LogP contribution in [0.2, 0.25) is 0 Å². The van der Waals surface area contributed by atoms with Gasteiger partial charge in [-0.25, -0.2) is 4.39 Å². The molecule has 1 fully saturated rings. The van der Waals surface area contributed by atoms with Crippen molar-refractivity contribution in [2.24, 2.45) is 11.7 Å². The maximum atomic E-state index is 12.9. The first-order chi connectivity index (χ1) is 8.16. The Morgan fingerprint density at radius 3 is 2.76 bits per heavy atom. The lowest BCUT2D eigenvalue weighted by atomic mass is 10.00. The summed E-state index contributed by atoms with van der Waals surface area (Å²) >= 11 is 0. The monoisotopic (exact) mass is 237 g/mol. The number of benzene rings is 1. The van der Waals surface area contributed by atoms with Crippen molar-refractivity contribution in [3.8, 4) is 5.75 Å². The summed E-state index contributed by atoms with van der Waals surface area (Å²) in [6.07, 6.45) is 5.00. The van der Waals surface area contributed by atoms with Gasteiger partial charge in [-0.05, 0) is 49.4 Å². The van der Waals surface area contributed by atoms with Crippen molar-refractivity contribution in [3.05, 3.63) is 29.6 Å². The maximum absolute atomic E-state index is 12.9. The van der Waals surface area contributed by atoms with E-state index in [1.54, 1.807) is 6.07 Å². The summed E-state index contributed by atoms with van der Waals surface area (Å²) in [6.45, 7) is 2.37. The van der Waals surface area contributed by atoms with Gasteiger partial charge in [0.2, 0.25) is 0 Å². The number of hydrogen-bond acceptors (Lipinski definition) is 2. The van der Waals surface area contributed by atoms with Gasteiger partial charge in [-0.3, -0.25) is 0 Å². The molecule has 0 bridgehead atoms. The number of aryl methyl sites for hydroxylation is 1.